The van der Waals surface area contributed by atoms with E-state index < -0.39 is 0 Å². The molecule has 3 heteroatoms. The molecule has 92 valence electrons. The molecule has 1 atom stereocenters. The predicted molar refractivity (Wildman–Crippen MR) is 66.4 cm³/mol. The van der Waals surface area contributed by atoms with Crippen LogP contribution in [0.25, 0.3) is 0 Å². The monoisotopic (exact) mass is 233 g/mol. The summed E-state index contributed by atoms with van der Waals surface area (Å²) in [4.78, 5) is 2.57. The lowest BCUT2D eigenvalue weighted by molar-refractivity contribution is 0.119. The van der Waals surface area contributed by atoms with Crippen LogP contribution in [0, 0.1) is 0 Å². The molecule has 3 rings (SSSR count). The topological polar surface area (TPSA) is 32.7 Å². The lowest BCUT2D eigenvalue weighted by Crippen LogP contribution is -2.36. The van der Waals surface area contributed by atoms with Gasteiger partial charge < -0.3 is 9.84 Å². The number of ether oxygens (including phenoxy) is 1. The summed E-state index contributed by atoms with van der Waals surface area (Å²) in [6.45, 7) is 3.16. The number of fused-ring (bicyclic) bond motifs is 1. The molecule has 3 nitrogen and oxygen atoms in total. The number of aromatic hydroxyl groups is 1. The quantitative estimate of drug-likeness (QED) is 0.809. The molecule has 17 heavy (non-hydrogen) atoms. The molecule has 0 aliphatic carbocycles. The molecule has 0 amide bonds. The lowest BCUT2D eigenvalue weighted by atomic mass is 9.96. The third-order valence-corrected chi connectivity index (χ3v) is 3.84. The summed E-state index contributed by atoms with van der Waals surface area (Å²) < 4.78 is 5.64. The van der Waals surface area contributed by atoms with Crippen molar-refractivity contribution >= 4 is 0 Å². The highest BCUT2D eigenvalue weighted by Gasteiger charge is 2.27. The fourth-order valence-corrected chi connectivity index (χ4v) is 2.97. The van der Waals surface area contributed by atoms with Crippen LogP contribution < -0.4 is 4.74 Å². The largest absolute Gasteiger partial charge is 0.508 e. The zero-order valence-corrected chi connectivity index (χ0v) is 10.1. The number of nitrogens with zero attached hydrogens (tertiary/aromatic N) is 1. The Labute approximate surface area is 102 Å². The number of piperidine rings is 1. The molecule has 1 aromatic rings. The van der Waals surface area contributed by atoms with E-state index in [9.17, 15) is 5.11 Å². The third-order valence-electron chi connectivity index (χ3n) is 3.84. The Morgan fingerprint density at radius 1 is 1.18 bits per heavy atom. The Kier molecular flexibility index (Phi) is 2.93. The first-order chi connectivity index (χ1) is 8.34. The molecule has 1 unspecified atom stereocenters. The second-order valence-electron chi connectivity index (χ2n) is 4.97. The molecule has 2 heterocycles. The second kappa shape index (κ2) is 4.57. The molecular formula is C14H19NO2. The highest BCUT2D eigenvalue weighted by molar-refractivity contribution is 5.43. The molecule has 0 bridgehead atoms. The maximum absolute atomic E-state index is 9.49. The Balaban J connectivity index is 1.88. The average Bonchev–Trinajstić information content (AvgIpc) is 2.39. The minimum Gasteiger partial charge on any atom is -0.508 e. The van der Waals surface area contributed by atoms with Crippen LogP contribution in [0.1, 0.15) is 37.3 Å². The van der Waals surface area contributed by atoms with Crippen LogP contribution in [0.15, 0.2) is 18.2 Å². The first-order valence-corrected chi connectivity index (χ1v) is 6.54. The van der Waals surface area contributed by atoms with Crippen molar-refractivity contribution in [1.29, 1.82) is 0 Å². The fourth-order valence-electron chi connectivity index (χ4n) is 2.97. The molecule has 1 fully saturated rings. The number of benzene rings is 1. The van der Waals surface area contributed by atoms with Gasteiger partial charge in [-0.3, -0.25) is 4.90 Å². The van der Waals surface area contributed by atoms with E-state index in [1.807, 2.05) is 6.07 Å². The molecule has 0 spiro atoms. The summed E-state index contributed by atoms with van der Waals surface area (Å²) in [5.41, 5.74) is 1.25. The summed E-state index contributed by atoms with van der Waals surface area (Å²) >= 11 is 0. The molecule has 0 aromatic heterocycles. The van der Waals surface area contributed by atoms with Crippen LogP contribution in [-0.2, 0) is 0 Å². The SMILES string of the molecule is Oc1ccc2c(c1)OCCC2N1CCCCC1. The van der Waals surface area contributed by atoms with E-state index in [-0.39, 0.29) is 0 Å². The number of hydrogen-bond acceptors (Lipinski definition) is 3. The average molecular weight is 233 g/mol. The van der Waals surface area contributed by atoms with E-state index in [4.69, 9.17) is 4.74 Å². The van der Waals surface area contributed by atoms with Gasteiger partial charge in [-0.25, -0.2) is 0 Å². The molecule has 2 aliphatic heterocycles. The zero-order chi connectivity index (χ0) is 11.7. The molecule has 0 saturated carbocycles. The van der Waals surface area contributed by atoms with Crippen molar-refractivity contribution in [2.75, 3.05) is 19.7 Å². The number of likely N-dealkylation sites (tertiary alicyclic amines) is 1. The van der Waals surface area contributed by atoms with Gasteiger partial charge in [-0.05, 0) is 32.0 Å². The van der Waals surface area contributed by atoms with Gasteiger partial charge in [0.2, 0.25) is 0 Å². The van der Waals surface area contributed by atoms with E-state index >= 15 is 0 Å². The van der Waals surface area contributed by atoms with Gasteiger partial charge in [0.25, 0.3) is 0 Å². The number of hydrogen-bond donors (Lipinski definition) is 1. The lowest BCUT2D eigenvalue weighted by Gasteiger charge is -2.37. The summed E-state index contributed by atoms with van der Waals surface area (Å²) in [5, 5.41) is 9.49. The Morgan fingerprint density at radius 2 is 2.00 bits per heavy atom. The Bertz CT molecular complexity index is 399. The van der Waals surface area contributed by atoms with Crippen LogP contribution in [0.5, 0.6) is 11.5 Å². The van der Waals surface area contributed by atoms with Crippen LogP contribution in [0.3, 0.4) is 0 Å². The van der Waals surface area contributed by atoms with Crippen molar-refractivity contribution in [3.8, 4) is 11.5 Å². The highest BCUT2D eigenvalue weighted by Crippen LogP contribution is 2.38. The summed E-state index contributed by atoms with van der Waals surface area (Å²) in [6, 6.07) is 6.01. The van der Waals surface area contributed by atoms with Crippen molar-refractivity contribution in [3.63, 3.8) is 0 Å². The van der Waals surface area contributed by atoms with Crippen LogP contribution in [-0.4, -0.2) is 29.7 Å². The number of rotatable bonds is 1. The van der Waals surface area contributed by atoms with Gasteiger partial charge in [0.15, 0.2) is 0 Å². The summed E-state index contributed by atoms with van der Waals surface area (Å²) in [7, 11) is 0. The highest BCUT2D eigenvalue weighted by atomic mass is 16.5. The van der Waals surface area contributed by atoms with Crippen LogP contribution >= 0.6 is 0 Å². The van der Waals surface area contributed by atoms with E-state index in [2.05, 4.69) is 4.90 Å². The normalized spacial score (nSPS) is 25.1. The van der Waals surface area contributed by atoms with E-state index in [1.54, 1.807) is 12.1 Å². The van der Waals surface area contributed by atoms with Gasteiger partial charge in [-0.2, -0.15) is 0 Å². The van der Waals surface area contributed by atoms with Crippen molar-refractivity contribution in [3.05, 3.63) is 23.8 Å². The Morgan fingerprint density at radius 3 is 2.82 bits per heavy atom. The summed E-state index contributed by atoms with van der Waals surface area (Å²) in [6.07, 6.45) is 5.05. The van der Waals surface area contributed by atoms with Crippen molar-refractivity contribution < 1.29 is 9.84 Å². The van der Waals surface area contributed by atoms with E-state index in [0.717, 1.165) is 18.8 Å². The van der Waals surface area contributed by atoms with Gasteiger partial charge in [0, 0.05) is 24.1 Å². The van der Waals surface area contributed by atoms with E-state index in [1.165, 1.54) is 37.9 Å². The fraction of sp³-hybridized carbons (Fsp3) is 0.571. The van der Waals surface area contributed by atoms with Gasteiger partial charge in [0.1, 0.15) is 11.5 Å². The van der Waals surface area contributed by atoms with Gasteiger partial charge in [-0.15, -0.1) is 0 Å². The van der Waals surface area contributed by atoms with Gasteiger partial charge >= 0.3 is 0 Å². The smallest absolute Gasteiger partial charge is 0.127 e. The zero-order valence-electron chi connectivity index (χ0n) is 10.1. The molecule has 1 aromatic carbocycles. The molecule has 1 saturated heterocycles. The molecule has 1 N–H and O–H groups in total. The first kappa shape index (κ1) is 10.9. The molecular weight excluding hydrogens is 214 g/mol. The maximum Gasteiger partial charge on any atom is 0.127 e. The predicted octanol–water partition coefficient (Wildman–Crippen LogP) is 2.70. The van der Waals surface area contributed by atoms with Crippen molar-refractivity contribution in [1.82, 2.24) is 4.90 Å². The third kappa shape index (κ3) is 2.12. The standard InChI is InChI=1S/C14H19NO2/c16-11-4-5-12-13(6-9-17-14(12)10-11)15-7-2-1-3-8-15/h4-5,10,13,16H,1-3,6-9H2. The van der Waals surface area contributed by atoms with E-state index in [0.29, 0.717) is 11.8 Å². The maximum atomic E-state index is 9.49. The van der Waals surface area contributed by atoms with Crippen molar-refractivity contribution in [2.45, 2.75) is 31.7 Å². The van der Waals surface area contributed by atoms with Crippen LogP contribution in [0.4, 0.5) is 0 Å². The van der Waals surface area contributed by atoms with Gasteiger partial charge in [-0.1, -0.05) is 12.5 Å². The molecule has 2 aliphatic rings. The minimum atomic E-state index is 0.294. The second-order valence-corrected chi connectivity index (χ2v) is 4.97. The van der Waals surface area contributed by atoms with Crippen molar-refractivity contribution in [2.24, 2.45) is 0 Å². The molecule has 0 radical (unpaired) electrons. The first-order valence-electron chi connectivity index (χ1n) is 6.54. The summed E-state index contributed by atoms with van der Waals surface area (Å²) in [5.74, 6) is 1.16. The number of phenols is 1. The van der Waals surface area contributed by atoms with Crippen LogP contribution in [0.2, 0.25) is 0 Å². The minimum absolute atomic E-state index is 0.294. The van der Waals surface area contributed by atoms with Gasteiger partial charge in [0.05, 0.1) is 6.61 Å². The Hall–Kier alpha value is -1.22. The number of phenolic OH excluding ortho intramolecular Hbond substituents is 1.